The average molecular weight is 216 g/mol. The Bertz CT molecular complexity index is 132. The van der Waals surface area contributed by atoms with Gasteiger partial charge < -0.3 is 10.5 Å². The lowest BCUT2D eigenvalue weighted by molar-refractivity contribution is 0.405. The van der Waals surface area contributed by atoms with E-state index in [2.05, 4.69) is 18.2 Å². The van der Waals surface area contributed by atoms with Crippen LogP contribution in [0.25, 0.3) is 0 Å². The van der Waals surface area contributed by atoms with Crippen molar-refractivity contribution in [3.05, 3.63) is 25.3 Å². The molecular weight excluding hydrogens is 188 g/mol. The maximum absolute atomic E-state index is 5.13. The minimum Gasteiger partial charge on any atom is -0.481 e. The monoisotopic (exact) mass is 216 g/mol. The molecule has 0 saturated carbocycles. The van der Waals surface area contributed by atoms with E-state index >= 15 is 0 Å². The fraction of sp³-hybridized carbons (Fsp3) is 0.583. The summed E-state index contributed by atoms with van der Waals surface area (Å²) < 4.78 is 4.81. The number of nitrogens with two attached hydrogens (primary N) is 1. The summed E-state index contributed by atoms with van der Waals surface area (Å²) in [6.07, 6.45) is 3.60. The molecule has 92 valence electrons. The highest BCUT2D eigenvalue weighted by molar-refractivity contribution is 5.87. The Kier molecular flexibility index (Phi) is 60.4. The fourth-order valence-electron chi connectivity index (χ4n) is 0.418. The quantitative estimate of drug-likeness (QED) is 0.437. The molecule has 0 bridgehead atoms. The first-order chi connectivity index (χ1) is 7.35. The van der Waals surface area contributed by atoms with Gasteiger partial charge in [0.2, 0.25) is 5.90 Å². The van der Waals surface area contributed by atoms with E-state index in [9.17, 15) is 0 Å². The zero-order valence-corrected chi connectivity index (χ0v) is 11.2. The lowest BCUT2D eigenvalue weighted by Crippen LogP contribution is -2.02. The van der Waals surface area contributed by atoms with Crippen LogP contribution < -0.4 is 5.73 Å². The third kappa shape index (κ3) is 32.2. The van der Waals surface area contributed by atoms with Crippen molar-refractivity contribution < 1.29 is 4.74 Å². The molecule has 0 saturated heterocycles. The van der Waals surface area contributed by atoms with Gasteiger partial charge in [-0.3, -0.25) is 0 Å². The second kappa shape index (κ2) is 38.4. The average Bonchev–Trinajstić information content (AvgIpc) is 2.36. The van der Waals surface area contributed by atoms with E-state index in [-0.39, 0.29) is 6.67 Å². The van der Waals surface area contributed by atoms with E-state index in [0.29, 0.717) is 5.90 Å². The molecule has 0 radical (unpaired) electrons. The van der Waals surface area contributed by atoms with Gasteiger partial charge in [0.15, 0.2) is 0 Å². The summed E-state index contributed by atoms with van der Waals surface area (Å²) in [5.41, 5.74) is 5.13. The lowest BCUT2D eigenvalue weighted by atomic mass is 10.5. The van der Waals surface area contributed by atoms with Crippen LogP contribution in [-0.4, -0.2) is 19.7 Å². The predicted octanol–water partition coefficient (Wildman–Crippen LogP) is 3.38. The fourth-order valence-corrected chi connectivity index (χ4v) is 0.418. The van der Waals surface area contributed by atoms with E-state index in [4.69, 9.17) is 10.5 Å². The van der Waals surface area contributed by atoms with Crippen molar-refractivity contribution in [2.45, 2.75) is 34.6 Å². The van der Waals surface area contributed by atoms with Crippen molar-refractivity contribution in [3.63, 3.8) is 0 Å². The molecule has 0 amide bonds. The van der Waals surface area contributed by atoms with Crippen LogP contribution in [0, 0.1) is 0 Å². The van der Waals surface area contributed by atoms with Crippen molar-refractivity contribution in [3.8, 4) is 0 Å². The molecule has 0 heterocycles. The topological polar surface area (TPSA) is 47.6 Å². The molecule has 0 rings (SSSR count). The van der Waals surface area contributed by atoms with Crippen molar-refractivity contribution >= 4 is 5.90 Å². The predicted molar refractivity (Wildman–Crippen MR) is 72.3 cm³/mol. The molecule has 15 heavy (non-hydrogen) atoms. The highest BCUT2D eigenvalue weighted by Crippen LogP contribution is 1.81. The molecule has 2 N–H and O–H groups in total. The standard InChI is InChI=1S/C6H12N2O.2C2H6.C2H4/c1-3-4-6(9-2)8-5-7;3*1-2/h3-4H,5,7H2,1-2H3;2*1-2H3;1-2H2/b4-3-,8-6+;;;. The van der Waals surface area contributed by atoms with Gasteiger partial charge in [0, 0.05) is 0 Å². The second-order valence-corrected chi connectivity index (χ2v) is 1.38. The van der Waals surface area contributed by atoms with Crippen LogP contribution in [0.2, 0.25) is 0 Å². The van der Waals surface area contributed by atoms with Gasteiger partial charge in [0.1, 0.15) is 0 Å². The Morgan fingerprint density at radius 3 is 1.87 bits per heavy atom. The highest BCUT2D eigenvalue weighted by atomic mass is 16.5. The molecule has 0 fully saturated rings. The smallest absolute Gasteiger partial charge is 0.209 e. The van der Waals surface area contributed by atoms with Gasteiger partial charge in [-0.2, -0.15) is 0 Å². The molecule has 0 aromatic carbocycles. The van der Waals surface area contributed by atoms with Crippen LogP contribution >= 0.6 is 0 Å². The van der Waals surface area contributed by atoms with Crippen LogP contribution in [0.15, 0.2) is 30.3 Å². The maximum Gasteiger partial charge on any atom is 0.209 e. The summed E-state index contributed by atoms with van der Waals surface area (Å²) in [5, 5.41) is 0. The number of rotatable bonds is 2. The van der Waals surface area contributed by atoms with Crippen LogP contribution in [0.5, 0.6) is 0 Å². The number of hydrogen-bond donors (Lipinski definition) is 1. The van der Waals surface area contributed by atoms with Gasteiger partial charge in [-0.25, -0.2) is 4.99 Å². The molecule has 3 heteroatoms. The van der Waals surface area contributed by atoms with E-state index in [0.717, 1.165) is 0 Å². The molecule has 0 atom stereocenters. The van der Waals surface area contributed by atoms with Crippen molar-refractivity contribution in [2.75, 3.05) is 13.8 Å². The minimum absolute atomic E-state index is 0.271. The zero-order chi connectivity index (χ0) is 13.1. The molecule has 0 aliphatic heterocycles. The Morgan fingerprint density at radius 2 is 1.67 bits per heavy atom. The zero-order valence-electron chi connectivity index (χ0n) is 11.2. The van der Waals surface area contributed by atoms with Crippen LogP contribution in [-0.2, 0) is 4.74 Å². The first kappa shape index (κ1) is 23.6. The number of allylic oxidation sites excluding steroid dienone is 1. The minimum atomic E-state index is 0.271. The summed E-state index contributed by atoms with van der Waals surface area (Å²) in [5.74, 6) is 0.569. The van der Waals surface area contributed by atoms with Crippen molar-refractivity contribution in [2.24, 2.45) is 10.7 Å². The number of aliphatic imine (C=N–C) groups is 1. The van der Waals surface area contributed by atoms with Gasteiger partial charge in [-0.05, 0) is 13.0 Å². The van der Waals surface area contributed by atoms with E-state index in [1.54, 1.807) is 13.2 Å². The number of ether oxygens (including phenoxy) is 1. The molecule has 0 spiro atoms. The molecule has 0 aliphatic rings. The summed E-state index contributed by atoms with van der Waals surface area (Å²) in [4.78, 5) is 3.82. The van der Waals surface area contributed by atoms with E-state index in [1.807, 2.05) is 40.7 Å². The van der Waals surface area contributed by atoms with Gasteiger partial charge in [-0.1, -0.05) is 33.8 Å². The number of nitrogens with zero attached hydrogens (tertiary/aromatic N) is 1. The van der Waals surface area contributed by atoms with Gasteiger partial charge in [0.25, 0.3) is 0 Å². The summed E-state index contributed by atoms with van der Waals surface area (Å²) in [7, 11) is 1.56. The molecule has 0 aromatic rings. The Hall–Kier alpha value is -1.09. The third-order valence-corrected chi connectivity index (χ3v) is 0.766. The number of methoxy groups -OCH3 is 1. The first-order valence-corrected chi connectivity index (χ1v) is 5.26. The summed E-state index contributed by atoms with van der Waals surface area (Å²) in [6.45, 7) is 16.2. The Labute approximate surface area is 95.7 Å². The molecule has 0 aromatic heterocycles. The Morgan fingerprint density at radius 1 is 1.27 bits per heavy atom. The van der Waals surface area contributed by atoms with E-state index < -0.39 is 0 Å². The third-order valence-electron chi connectivity index (χ3n) is 0.766. The van der Waals surface area contributed by atoms with Crippen molar-refractivity contribution in [1.29, 1.82) is 0 Å². The van der Waals surface area contributed by atoms with Crippen molar-refractivity contribution in [1.82, 2.24) is 0 Å². The highest BCUT2D eigenvalue weighted by Gasteiger charge is 1.84. The van der Waals surface area contributed by atoms with Crippen LogP contribution in [0.1, 0.15) is 34.6 Å². The normalized spacial score (nSPS) is 8.60. The second-order valence-electron chi connectivity index (χ2n) is 1.38. The van der Waals surface area contributed by atoms with Crippen LogP contribution in [0.4, 0.5) is 0 Å². The molecule has 0 unspecified atom stereocenters. The molecule has 0 aliphatic carbocycles. The lowest BCUT2D eigenvalue weighted by Gasteiger charge is -1.95. The largest absolute Gasteiger partial charge is 0.481 e. The number of hydrogen-bond acceptors (Lipinski definition) is 3. The van der Waals surface area contributed by atoms with Gasteiger partial charge >= 0.3 is 0 Å². The van der Waals surface area contributed by atoms with E-state index in [1.165, 1.54) is 0 Å². The van der Waals surface area contributed by atoms with Crippen LogP contribution in [0.3, 0.4) is 0 Å². The summed E-state index contributed by atoms with van der Waals surface area (Å²) in [6, 6.07) is 0. The van der Waals surface area contributed by atoms with Gasteiger partial charge in [0.05, 0.1) is 13.8 Å². The Balaban J connectivity index is -0.0000000860. The van der Waals surface area contributed by atoms with Gasteiger partial charge in [-0.15, -0.1) is 13.2 Å². The first-order valence-electron chi connectivity index (χ1n) is 5.26. The summed E-state index contributed by atoms with van der Waals surface area (Å²) >= 11 is 0. The molecule has 3 nitrogen and oxygen atoms in total. The SMILES string of the molecule is C/C=C\C(=N/CN)OC.C=C.CC.CC. The maximum atomic E-state index is 5.13. The molecular formula is C12H28N2O.